The van der Waals surface area contributed by atoms with Crippen LogP contribution in [0.1, 0.15) is 25.0 Å². The molecule has 1 aromatic rings. The van der Waals surface area contributed by atoms with Crippen LogP contribution in [0, 0.1) is 18.7 Å². The molecular weight excluding hydrogens is 301 g/mol. The Balaban J connectivity index is 1.91. The average molecular weight is 321 g/mol. The van der Waals surface area contributed by atoms with E-state index in [0.29, 0.717) is 11.1 Å². The molecule has 0 radical (unpaired) electrons. The van der Waals surface area contributed by atoms with Crippen molar-refractivity contribution in [1.29, 1.82) is 0 Å². The van der Waals surface area contributed by atoms with Crippen LogP contribution in [0.5, 0.6) is 0 Å². The molecule has 1 atom stereocenters. The van der Waals surface area contributed by atoms with Crippen LogP contribution < -0.4 is 10.6 Å². The Morgan fingerprint density at radius 3 is 2.65 bits per heavy atom. The molecule has 0 unspecified atom stereocenters. The lowest BCUT2D eigenvalue weighted by Crippen LogP contribution is -2.41. The number of amides is 4. The van der Waals surface area contributed by atoms with Gasteiger partial charge in [-0.25, -0.2) is 9.18 Å². The second-order valence-corrected chi connectivity index (χ2v) is 5.96. The summed E-state index contributed by atoms with van der Waals surface area (Å²) in [6, 6.07) is 3.52. The minimum absolute atomic E-state index is 0.0463. The van der Waals surface area contributed by atoms with Crippen molar-refractivity contribution in [2.24, 2.45) is 5.92 Å². The van der Waals surface area contributed by atoms with Crippen molar-refractivity contribution in [3.63, 3.8) is 0 Å². The van der Waals surface area contributed by atoms with E-state index in [9.17, 15) is 18.8 Å². The van der Waals surface area contributed by atoms with Gasteiger partial charge in [-0.05, 0) is 30.0 Å². The number of hydrogen-bond acceptors (Lipinski definition) is 3. The van der Waals surface area contributed by atoms with Gasteiger partial charge in [0.2, 0.25) is 5.91 Å². The van der Waals surface area contributed by atoms with Crippen LogP contribution in [-0.4, -0.2) is 35.3 Å². The molecule has 2 rings (SSSR count). The zero-order valence-corrected chi connectivity index (χ0v) is 13.4. The first-order valence-corrected chi connectivity index (χ1v) is 7.43. The van der Waals surface area contributed by atoms with E-state index in [1.165, 1.54) is 6.07 Å². The van der Waals surface area contributed by atoms with Gasteiger partial charge in [0.1, 0.15) is 18.4 Å². The van der Waals surface area contributed by atoms with Crippen molar-refractivity contribution in [2.45, 2.75) is 33.4 Å². The fourth-order valence-corrected chi connectivity index (χ4v) is 2.29. The van der Waals surface area contributed by atoms with E-state index in [1.54, 1.807) is 19.1 Å². The van der Waals surface area contributed by atoms with Crippen molar-refractivity contribution >= 4 is 17.8 Å². The smallest absolute Gasteiger partial charge is 0.325 e. The summed E-state index contributed by atoms with van der Waals surface area (Å²) < 4.78 is 13.4. The molecule has 124 valence electrons. The zero-order chi connectivity index (χ0) is 17.1. The molecule has 2 N–H and O–H groups in total. The molecule has 1 saturated heterocycles. The largest absolute Gasteiger partial charge is 0.350 e. The minimum atomic E-state index is -0.596. The summed E-state index contributed by atoms with van der Waals surface area (Å²) in [4.78, 5) is 36.6. The number of aryl methyl sites for hydroxylation is 1. The summed E-state index contributed by atoms with van der Waals surface area (Å²) >= 11 is 0. The number of carbonyl (C=O) groups excluding carboxylic acids is 3. The van der Waals surface area contributed by atoms with E-state index in [2.05, 4.69) is 10.6 Å². The summed E-state index contributed by atoms with van der Waals surface area (Å²) in [5.41, 5.74) is 1.14. The molecule has 0 bridgehead atoms. The molecule has 7 heteroatoms. The Bertz CT molecular complexity index is 645. The average Bonchev–Trinajstić information content (AvgIpc) is 2.77. The molecule has 1 aromatic carbocycles. The number of hydrogen-bond donors (Lipinski definition) is 2. The monoisotopic (exact) mass is 321 g/mol. The minimum Gasteiger partial charge on any atom is -0.350 e. The van der Waals surface area contributed by atoms with Crippen molar-refractivity contribution in [3.8, 4) is 0 Å². The van der Waals surface area contributed by atoms with Crippen LogP contribution in [0.2, 0.25) is 0 Å². The zero-order valence-electron chi connectivity index (χ0n) is 13.4. The number of urea groups is 1. The topological polar surface area (TPSA) is 78.5 Å². The third-order valence-electron chi connectivity index (χ3n) is 3.75. The molecule has 1 aliphatic rings. The maximum Gasteiger partial charge on any atom is 0.325 e. The van der Waals surface area contributed by atoms with Gasteiger partial charge in [-0.1, -0.05) is 26.0 Å². The summed E-state index contributed by atoms with van der Waals surface area (Å²) in [7, 11) is 0. The van der Waals surface area contributed by atoms with Gasteiger partial charge >= 0.3 is 6.03 Å². The van der Waals surface area contributed by atoms with Crippen LogP contribution in [0.15, 0.2) is 18.2 Å². The van der Waals surface area contributed by atoms with E-state index in [-0.39, 0.29) is 24.8 Å². The number of nitrogens with one attached hydrogen (secondary N) is 2. The summed E-state index contributed by atoms with van der Waals surface area (Å²) in [6.07, 6.45) is 0. The first-order valence-electron chi connectivity index (χ1n) is 7.43. The first kappa shape index (κ1) is 16.9. The first-order chi connectivity index (χ1) is 10.8. The second-order valence-electron chi connectivity index (χ2n) is 5.96. The predicted octanol–water partition coefficient (Wildman–Crippen LogP) is 1.33. The Labute approximate surface area is 134 Å². The number of carbonyl (C=O) groups is 3. The molecule has 1 heterocycles. The third-order valence-corrected chi connectivity index (χ3v) is 3.75. The quantitative estimate of drug-likeness (QED) is 0.803. The fourth-order valence-electron chi connectivity index (χ4n) is 2.29. The van der Waals surface area contributed by atoms with Gasteiger partial charge < -0.3 is 10.6 Å². The highest BCUT2D eigenvalue weighted by atomic mass is 19.1. The van der Waals surface area contributed by atoms with Crippen LogP contribution in [0.3, 0.4) is 0 Å². The van der Waals surface area contributed by atoms with Crippen molar-refractivity contribution < 1.29 is 18.8 Å². The summed E-state index contributed by atoms with van der Waals surface area (Å²) in [5.74, 6) is -1.26. The summed E-state index contributed by atoms with van der Waals surface area (Å²) in [5, 5.41) is 5.13. The Morgan fingerprint density at radius 2 is 2.09 bits per heavy atom. The van der Waals surface area contributed by atoms with E-state index in [1.807, 2.05) is 13.8 Å². The van der Waals surface area contributed by atoms with Gasteiger partial charge in [0.05, 0.1) is 0 Å². The van der Waals surface area contributed by atoms with Gasteiger partial charge in [-0.2, -0.15) is 0 Å². The van der Waals surface area contributed by atoms with Gasteiger partial charge in [0.25, 0.3) is 5.91 Å². The highest BCUT2D eigenvalue weighted by Gasteiger charge is 2.40. The normalized spacial score (nSPS) is 17.6. The lowest BCUT2D eigenvalue weighted by Gasteiger charge is -2.14. The van der Waals surface area contributed by atoms with Crippen molar-refractivity contribution in [1.82, 2.24) is 15.5 Å². The second kappa shape index (κ2) is 6.76. The van der Waals surface area contributed by atoms with E-state index >= 15 is 0 Å². The highest BCUT2D eigenvalue weighted by Crippen LogP contribution is 2.13. The number of halogens is 1. The lowest BCUT2D eigenvalue weighted by atomic mass is 10.1. The molecule has 0 spiro atoms. The van der Waals surface area contributed by atoms with E-state index < -0.39 is 23.9 Å². The Morgan fingerprint density at radius 1 is 1.39 bits per heavy atom. The molecule has 4 amide bonds. The molecule has 0 aromatic heterocycles. The highest BCUT2D eigenvalue weighted by molar-refractivity contribution is 6.06. The molecule has 1 aliphatic heterocycles. The van der Waals surface area contributed by atoms with Crippen LogP contribution in [0.25, 0.3) is 0 Å². The van der Waals surface area contributed by atoms with Gasteiger partial charge in [-0.3, -0.25) is 14.5 Å². The van der Waals surface area contributed by atoms with Crippen LogP contribution in [0.4, 0.5) is 9.18 Å². The lowest BCUT2D eigenvalue weighted by molar-refractivity contribution is -0.132. The predicted molar refractivity (Wildman–Crippen MR) is 81.9 cm³/mol. The fraction of sp³-hybridized carbons (Fsp3) is 0.438. The van der Waals surface area contributed by atoms with E-state index in [0.717, 1.165) is 4.90 Å². The maximum atomic E-state index is 13.4. The summed E-state index contributed by atoms with van der Waals surface area (Å²) in [6.45, 7) is 5.08. The molecule has 6 nitrogen and oxygen atoms in total. The van der Waals surface area contributed by atoms with Crippen molar-refractivity contribution in [2.75, 3.05) is 6.54 Å². The standard InChI is InChI=1S/C16H20FN3O3/c1-9(2)14-15(22)20(16(23)19-14)8-13(21)18-7-11-5-4-10(3)12(17)6-11/h4-6,9,14H,7-8H2,1-3H3,(H,18,21)(H,19,23)/t14-/m1/s1. The van der Waals surface area contributed by atoms with Crippen LogP contribution >= 0.6 is 0 Å². The molecule has 1 fully saturated rings. The number of rotatable bonds is 5. The Hall–Kier alpha value is -2.44. The Kier molecular flexibility index (Phi) is 4.98. The molecule has 0 aliphatic carbocycles. The third kappa shape index (κ3) is 3.85. The SMILES string of the molecule is Cc1ccc(CNC(=O)CN2C(=O)N[C@H](C(C)C)C2=O)cc1F. The molecule has 23 heavy (non-hydrogen) atoms. The molecular formula is C16H20FN3O3. The van der Waals surface area contributed by atoms with Crippen molar-refractivity contribution in [3.05, 3.63) is 35.1 Å². The molecule has 0 saturated carbocycles. The van der Waals surface area contributed by atoms with Gasteiger partial charge in [0.15, 0.2) is 0 Å². The number of benzene rings is 1. The maximum absolute atomic E-state index is 13.4. The van der Waals surface area contributed by atoms with Gasteiger partial charge in [0, 0.05) is 6.54 Å². The number of imide groups is 1. The van der Waals surface area contributed by atoms with Gasteiger partial charge in [-0.15, -0.1) is 0 Å². The van der Waals surface area contributed by atoms with E-state index in [4.69, 9.17) is 0 Å². The number of nitrogens with zero attached hydrogens (tertiary/aromatic N) is 1. The van der Waals surface area contributed by atoms with Crippen LogP contribution in [-0.2, 0) is 16.1 Å².